The largest absolute Gasteiger partial charge is 0.477 e. The number of carboxylic acids is 1. The highest BCUT2D eigenvalue weighted by molar-refractivity contribution is 8.00. The second kappa shape index (κ2) is 13.0. The van der Waals surface area contributed by atoms with Crippen LogP contribution < -0.4 is 11.1 Å². The number of halogens is 1. The average Bonchev–Trinajstić information content (AvgIpc) is 3.56. The van der Waals surface area contributed by atoms with Gasteiger partial charge in [-0.2, -0.15) is 0 Å². The predicted octanol–water partition coefficient (Wildman–Crippen LogP) is 0.0949. The smallest absolute Gasteiger partial charge is 0.353 e. The Labute approximate surface area is 263 Å². The van der Waals surface area contributed by atoms with Crippen molar-refractivity contribution in [1.29, 1.82) is 0 Å². The maximum absolute atomic E-state index is 13.6. The molecule has 1 fully saturated rings. The van der Waals surface area contributed by atoms with Crippen LogP contribution >= 0.6 is 47.7 Å². The number of nitrogen functional groups attached to an aromatic ring is 1. The number of ether oxygens (including phenoxy) is 1. The van der Waals surface area contributed by atoms with Crippen molar-refractivity contribution in [2.45, 2.75) is 43.8 Å². The van der Waals surface area contributed by atoms with E-state index in [-0.39, 0.29) is 52.6 Å². The van der Waals surface area contributed by atoms with Crippen LogP contribution in [-0.2, 0) is 35.3 Å². The molecule has 2 atom stereocenters. The van der Waals surface area contributed by atoms with Gasteiger partial charge in [0.25, 0.3) is 11.8 Å². The van der Waals surface area contributed by atoms with Gasteiger partial charge >= 0.3 is 11.9 Å². The first kappa shape index (κ1) is 33.4. The third-order valence-electron chi connectivity index (χ3n) is 5.60. The lowest BCUT2D eigenvalue weighted by molar-refractivity contribution is -0.160. The van der Waals surface area contributed by atoms with E-state index in [1.807, 2.05) is 0 Å². The monoisotopic (exact) mass is 669 g/mol. The molecule has 0 saturated carbocycles. The number of carbonyl (C=O) groups excluding carboxylic acids is 3. The second-order valence-corrected chi connectivity index (χ2v) is 11.8. The van der Waals surface area contributed by atoms with Crippen molar-refractivity contribution < 1.29 is 33.9 Å². The molecule has 0 aliphatic carbocycles. The number of nitrogens with zero attached hydrogens (tertiary/aromatic N) is 7. The van der Waals surface area contributed by atoms with E-state index in [1.165, 1.54) is 10.1 Å². The molecule has 2 aromatic rings. The molecule has 0 radical (unpaired) electrons. The lowest BCUT2D eigenvalue weighted by Gasteiger charge is -2.55. The van der Waals surface area contributed by atoms with E-state index in [1.54, 1.807) is 20.8 Å². The first-order valence-electron chi connectivity index (χ1n) is 11.9. The number of carboxylic acid groups (broad SMARTS) is 1. The Morgan fingerprint density at radius 3 is 2.72 bits per heavy atom. The summed E-state index contributed by atoms with van der Waals surface area (Å²) in [6.45, 7) is 4.37. The highest BCUT2D eigenvalue weighted by Crippen LogP contribution is 2.47. The normalized spacial score (nSPS) is 19.8. The van der Waals surface area contributed by atoms with E-state index < -0.39 is 52.6 Å². The van der Waals surface area contributed by atoms with Gasteiger partial charge in [0.2, 0.25) is 6.61 Å². The van der Waals surface area contributed by atoms with Gasteiger partial charge in [-0.3, -0.25) is 14.5 Å². The molecular weight excluding hydrogens is 646 g/mol. The van der Waals surface area contributed by atoms with Gasteiger partial charge in [0, 0.05) is 22.1 Å². The zero-order valence-electron chi connectivity index (χ0n) is 22.7. The zero-order chi connectivity index (χ0) is 30.8. The van der Waals surface area contributed by atoms with Crippen LogP contribution in [-0.4, -0.2) is 98.9 Å². The Bertz CT molecular complexity index is 1580. The quantitative estimate of drug-likeness (QED) is 0.0763. The summed E-state index contributed by atoms with van der Waals surface area (Å²) < 4.78 is 6.39. The van der Waals surface area contributed by atoms with Crippen molar-refractivity contribution in [2.75, 3.05) is 18.1 Å². The number of carbonyl (C=O) groups is 4. The highest BCUT2D eigenvalue weighted by atomic mass is 35.5. The van der Waals surface area contributed by atoms with Crippen LogP contribution in [0.1, 0.15) is 32.3 Å². The molecule has 16 nitrogen and oxygen atoms in total. The van der Waals surface area contributed by atoms with Crippen molar-refractivity contribution >= 4 is 93.3 Å². The molecule has 0 aromatic carbocycles. The van der Waals surface area contributed by atoms with E-state index in [4.69, 9.17) is 33.9 Å². The van der Waals surface area contributed by atoms with E-state index in [9.17, 15) is 24.3 Å². The van der Waals surface area contributed by atoms with Crippen molar-refractivity contribution in [3.05, 3.63) is 22.6 Å². The number of thiocarbonyl (C=S) groups is 1. The molecule has 4 N–H and O–H groups in total. The number of tetrazole rings is 1. The van der Waals surface area contributed by atoms with Crippen LogP contribution in [0.15, 0.2) is 16.2 Å². The highest BCUT2D eigenvalue weighted by Gasteiger charge is 2.65. The average molecular weight is 670 g/mol. The number of nitrogens with two attached hydrogens (primary N) is 1. The van der Waals surface area contributed by atoms with Gasteiger partial charge in [-0.1, -0.05) is 23.3 Å². The number of rotatable bonds is 10. The number of aliphatic carboxylic acids is 1. The number of hydrogen-bond acceptors (Lipinski definition) is 15. The van der Waals surface area contributed by atoms with Crippen LogP contribution in [0.3, 0.4) is 0 Å². The molecule has 4 rings (SSSR count). The number of esters is 1. The SMILES string of the molecule is C#CCn1nnnc1C1=C(C(=O)O)N2C(=O)C(C=S)(NC(=O)C(=NOCC(=O)OC(C)(C)C)c3csc(N)n3)[C@@H]2SC1.Cl. The molecule has 4 heterocycles. The Hall–Kier alpha value is -4.12. The summed E-state index contributed by atoms with van der Waals surface area (Å²) in [5, 5.41) is 29.2. The van der Waals surface area contributed by atoms with Gasteiger partial charge in [-0.15, -0.1) is 47.0 Å². The first-order chi connectivity index (χ1) is 19.8. The topological polar surface area (TPSA) is 217 Å². The number of amides is 2. The number of terminal acetylenes is 1. The minimum absolute atomic E-state index is 0. The maximum Gasteiger partial charge on any atom is 0.353 e. The van der Waals surface area contributed by atoms with Crippen LogP contribution in [0.2, 0.25) is 0 Å². The van der Waals surface area contributed by atoms with Gasteiger partial charge < -0.3 is 25.7 Å². The predicted molar refractivity (Wildman–Crippen MR) is 161 cm³/mol. The van der Waals surface area contributed by atoms with Crippen molar-refractivity contribution in [3.63, 3.8) is 0 Å². The molecule has 1 unspecified atom stereocenters. The Morgan fingerprint density at radius 2 is 2.14 bits per heavy atom. The number of nitrogens with one attached hydrogen (secondary N) is 1. The second-order valence-electron chi connectivity index (χ2n) is 9.65. The van der Waals surface area contributed by atoms with Crippen molar-refractivity contribution in [1.82, 2.24) is 35.4 Å². The summed E-state index contributed by atoms with van der Waals surface area (Å²) in [5.74, 6) is -1.41. The number of thioether (sulfide) groups is 1. The molecule has 2 amide bonds. The van der Waals surface area contributed by atoms with E-state index in [0.29, 0.717) is 0 Å². The fourth-order valence-electron chi connectivity index (χ4n) is 3.99. The number of aromatic nitrogens is 5. The molecule has 43 heavy (non-hydrogen) atoms. The Morgan fingerprint density at radius 1 is 1.42 bits per heavy atom. The fourth-order valence-corrected chi connectivity index (χ4v) is 6.34. The first-order valence-corrected chi connectivity index (χ1v) is 14.3. The fraction of sp³-hybridized carbons (Fsp3) is 0.391. The maximum atomic E-state index is 13.6. The number of thiazole rings is 1. The minimum atomic E-state index is -1.80. The number of oxime groups is 1. The van der Waals surface area contributed by atoms with E-state index in [2.05, 4.69) is 36.9 Å². The number of fused-ring (bicyclic) bond motifs is 1. The number of hydrogen-bond donors (Lipinski definition) is 3. The van der Waals surface area contributed by atoms with Gasteiger partial charge in [-0.05, 0) is 31.2 Å². The minimum Gasteiger partial charge on any atom is -0.477 e. The summed E-state index contributed by atoms with van der Waals surface area (Å²) in [7, 11) is 0. The molecule has 1 saturated heterocycles. The summed E-state index contributed by atoms with van der Waals surface area (Å²) in [6, 6.07) is 0. The number of anilines is 1. The van der Waals surface area contributed by atoms with Gasteiger partial charge in [0.15, 0.2) is 22.2 Å². The van der Waals surface area contributed by atoms with Crippen LogP contribution in [0.5, 0.6) is 0 Å². The molecule has 20 heteroatoms. The summed E-state index contributed by atoms with van der Waals surface area (Å²) in [5.41, 5.74) is 2.54. The standard InChI is InChI=1S/C23H23N9O7S3.ClH/c1-5-6-31-16(27-29-30-31)11-8-41-20-23(10-40,19(37)32(20)15(11)18(35)36)26-17(34)14(12-9-42-21(24)25-12)28-38-7-13(33)39-22(2,3)4;/h1,9-10,20H,6-8H2,2-4H3,(H2,24,25)(H,26,34)(H,35,36);1H/t20-,23?;/m0./s1. The Kier molecular flexibility index (Phi) is 10.1. The lowest BCUT2D eigenvalue weighted by Crippen LogP contribution is -2.80. The summed E-state index contributed by atoms with van der Waals surface area (Å²) >= 11 is 7.30. The van der Waals surface area contributed by atoms with E-state index >= 15 is 0 Å². The summed E-state index contributed by atoms with van der Waals surface area (Å²) in [4.78, 5) is 61.6. The molecule has 2 aliphatic rings. The zero-order valence-corrected chi connectivity index (χ0v) is 25.9. The third-order valence-corrected chi connectivity index (χ3v) is 8.00. The lowest BCUT2D eigenvalue weighted by atomic mass is 9.87. The molecule has 228 valence electrons. The van der Waals surface area contributed by atoms with E-state index in [0.717, 1.165) is 33.4 Å². The van der Waals surface area contributed by atoms with Crippen LogP contribution in [0, 0.1) is 12.3 Å². The molecular formula is C23H24ClN9O7S3. The Balaban J connectivity index is 0.00000506. The van der Waals surface area contributed by atoms with Crippen LogP contribution in [0.25, 0.3) is 5.57 Å². The molecule has 2 aliphatic heterocycles. The molecule has 2 aromatic heterocycles. The van der Waals surface area contributed by atoms with Crippen molar-refractivity contribution in [3.8, 4) is 12.3 Å². The number of β-lactam (4-membered cyclic amide) rings is 1. The van der Waals surface area contributed by atoms with Gasteiger partial charge in [0.05, 0.1) is 0 Å². The van der Waals surface area contributed by atoms with Crippen molar-refractivity contribution in [2.24, 2.45) is 5.16 Å². The molecule has 0 spiro atoms. The van der Waals surface area contributed by atoms with Gasteiger partial charge in [-0.25, -0.2) is 19.3 Å². The summed E-state index contributed by atoms with van der Waals surface area (Å²) in [6.07, 6.45) is 5.36. The van der Waals surface area contributed by atoms with Crippen LogP contribution in [0.4, 0.5) is 5.13 Å². The van der Waals surface area contributed by atoms with Gasteiger partial charge in [0.1, 0.15) is 28.9 Å². The molecule has 0 bridgehead atoms. The third kappa shape index (κ3) is 6.61.